The van der Waals surface area contributed by atoms with E-state index >= 15 is 0 Å². The zero-order chi connectivity index (χ0) is 15.8. The molecule has 0 N–H and O–H groups in total. The molecule has 6 nitrogen and oxygen atoms in total. The third kappa shape index (κ3) is 2.75. The van der Waals surface area contributed by atoms with Crippen molar-refractivity contribution in [3.63, 3.8) is 0 Å². The number of esters is 1. The van der Waals surface area contributed by atoms with Gasteiger partial charge < -0.3 is 18.8 Å². The summed E-state index contributed by atoms with van der Waals surface area (Å²) in [5.41, 5.74) is -0.0736. The minimum atomic E-state index is -0.651. The number of methoxy groups -OCH3 is 2. The van der Waals surface area contributed by atoms with Gasteiger partial charge >= 0.3 is 13.1 Å². The first kappa shape index (κ1) is 15.8. The maximum absolute atomic E-state index is 11.7. The van der Waals surface area contributed by atoms with Crippen LogP contribution in [0.3, 0.4) is 0 Å². The van der Waals surface area contributed by atoms with Crippen LogP contribution in [0.5, 0.6) is 5.88 Å². The molecule has 0 amide bonds. The molecule has 2 heterocycles. The SMILES string of the molecule is COC(=O)c1cnc(OC)c(B2OC(C)(C)C(C)(C)O2)c1. The molecule has 1 aliphatic heterocycles. The summed E-state index contributed by atoms with van der Waals surface area (Å²) in [6, 6.07) is 1.62. The van der Waals surface area contributed by atoms with E-state index in [1.165, 1.54) is 20.4 Å². The van der Waals surface area contributed by atoms with Crippen LogP contribution in [0.25, 0.3) is 0 Å². The molecule has 114 valence electrons. The van der Waals surface area contributed by atoms with Crippen molar-refractivity contribution in [2.75, 3.05) is 14.2 Å². The number of hydrogen-bond donors (Lipinski definition) is 0. The van der Waals surface area contributed by atoms with Gasteiger partial charge in [0, 0.05) is 11.7 Å². The Balaban J connectivity index is 2.41. The zero-order valence-corrected chi connectivity index (χ0v) is 13.2. The maximum atomic E-state index is 11.7. The quantitative estimate of drug-likeness (QED) is 0.616. The van der Waals surface area contributed by atoms with Gasteiger partial charge in [0.25, 0.3) is 0 Å². The fourth-order valence-electron chi connectivity index (χ4n) is 2.01. The summed E-state index contributed by atoms with van der Waals surface area (Å²) >= 11 is 0. The molecule has 1 aliphatic rings. The van der Waals surface area contributed by atoms with E-state index in [2.05, 4.69) is 4.98 Å². The Labute approximate surface area is 124 Å². The third-order valence-corrected chi connectivity index (χ3v) is 4.00. The highest BCUT2D eigenvalue weighted by Gasteiger charge is 2.52. The van der Waals surface area contributed by atoms with Crippen molar-refractivity contribution in [1.82, 2.24) is 4.98 Å². The maximum Gasteiger partial charge on any atom is 0.500 e. The molecular formula is C14H20BNO5. The summed E-state index contributed by atoms with van der Waals surface area (Å²) in [6.07, 6.45) is 1.40. The predicted molar refractivity (Wildman–Crippen MR) is 77.8 cm³/mol. The number of carbonyl (C=O) groups excluding carboxylic acids is 1. The summed E-state index contributed by atoms with van der Waals surface area (Å²) in [5, 5.41) is 0. The van der Waals surface area contributed by atoms with E-state index in [0.717, 1.165) is 0 Å². The molecule has 1 fully saturated rings. The molecule has 0 radical (unpaired) electrons. The van der Waals surface area contributed by atoms with Gasteiger partial charge in [0.05, 0.1) is 31.0 Å². The van der Waals surface area contributed by atoms with Crippen molar-refractivity contribution in [3.05, 3.63) is 17.8 Å². The second kappa shape index (κ2) is 5.31. The normalized spacial score (nSPS) is 19.4. The van der Waals surface area contributed by atoms with Gasteiger partial charge in [-0.15, -0.1) is 0 Å². The van der Waals surface area contributed by atoms with Crippen molar-refractivity contribution < 1.29 is 23.6 Å². The molecule has 0 saturated carbocycles. The lowest BCUT2D eigenvalue weighted by molar-refractivity contribution is 0.00578. The van der Waals surface area contributed by atoms with Crippen LogP contribution < -0.4 is 10.2 Å². The van der Waals surface area contributed by atoms with Crippen molar-refractivity contribution in [2.24, 2.45) is 0 Å². The lowest BCUT2D eigenvalue weighted by Gasteiger charge is -2.32. The van der Waals surface area contributed by atoms with E-state index in [9.17, 15) is 4.79 Å². The minimum absolute atomic E-state index is 0.322. The van der Waals surface area contributed by atoms with E-state index in [1.54, 1.807) is 6.07 Å². The second-order valence-corrected chi connectivity index (χ2v) is 5.90. The fourth-order valence-corrected chi connectivity index (χ4v) is 2.01. The number of rotatable bonds is 3. The van der Waals surface area contributed by atoms with E-state index in [-0.39, 0.29) is 0 Å². The van der Waals surface area contributed by atoms with Gasteiger partial charge in [-0.05, 0) is 33.8 Å². The van der Waals surface area contributed by atoms with Crippen LogP contribution in [0, 0.1) is 0 Å². The summed E-state index contributed by atoms with van der Waals surface area (Å²) in [5.74, 6) is -0.107. The Hall–Kier alpha value is -1.60. The summed E-state index contributed by atoms with van der Waals surface area (Å²) in [7, 11) is 2.18. The smallest absolute Gasteiger partial charge is 0.481 e. The van der Waals surface area contributed by atoms with Gasteiger partial charge in [0.1, 0.15) is 0 Å². The molecule has 21 heavy (non-hydrogen) atoms. The highest BCUT2D eigenvalue weighted by atomic mass is 16.7. The van der Waals surface area contributed by atoms with E-state index in [4.69, 9.17) is 18.8 Å². The van der Waals surface area contributed by atoms with Gasteiger partial charge in [0.15, 0.2) is 0 Å². The van der Waals surface area contributed by atoms with E-state index in [1.807, 2.05) is 27.7 Å². The number of carbonyl (C=O) groups is 1. The van der Waals surface area contributed by atoms with Gasteiger partial charge in [-0.1, -0.05) is 0 Å². The Morgan fingerprint density at radius 2 is 1.76 bits per heavy atom. The molecule has 0 atom stereocenters. The number of hydrogen-bond acceptors (Lipinski definition) is 6. The largest absolute Gasteiger partial charge is 0.500 e. The van der Waals surface area contributed by atoms with Crippen molar-refractivity contribution in [2.45, 2.75) is 38.9 Å². The van der Waals surface area contributed by atoms with Crippen molar-refractivity contribution >= 4 is 18.6 Å². The fraction of sp³-hybridized carbons (Fsp3) is 0.571. The van der Waals surface area contributed by atoms with Crippen LogP contribution in [0.15, 0.2) is 12.3 Å². The first-order valence-corrected chi connectivity index (χ1v) is 6.70. The molecule has 0 bridgehead atoms. The molecule has 7 heteroatoms. The van der Waals surface area contributed by atoms with Crippen LogP contribution in [-0.4, -0.2) is 43.5 Å². The number of ether oxygens (including phenoxy) is 2. The van der Waals surface area contributed by atoms with Crippen LogP contribution in [0.4, 0.5) is 0 Å². The molecule has 1 aromatic heterocycles. The van der Waals surface area contributed by atoms with Gasteiger partial charge in [0.2, 0.25) is 5.88 Å². The summed E-state index contributed by atoms with van der Waals surface area (Å²) in [4.78, 5) is 15.8. The predicted octanol–water partition coefficient (Wildman–Crippen LogP) is 1.18. The van der Waals surface area contributed by atoms with Crippen LogP contribution in [0.1, 0.15) is 38.1 Å². The standard InChI is InChI=1S/C14H20BNO5/c1-13(2)14(3,4)21-15(20-13)10-7-9(12(17)19-6)8-16-11(10)18-5/h7-8H,1-6H3. The Morgan fingerprint density at radius 3 is 2.24 bits per heavy atom. The average Bonchev–Trinajstić information content (AvgIpc) is 2.65. The van der Waals surface area contributed by atoms with Gasteiger partial charge in [-0.3, -0.25) is 0 Å². The number of pyridine rings is 1. The first-order chi connectivity index (χ1) is 9.71. The Kier molecular flexibility index (Phi) is 3.99. The van der Waals surface area contributed by atoms with Crippen LogP contribution in [0.2, 0.25) is 0 Å². The molecule has 1 saturated heterocycles. The number of nitrogens with zero attached hydrogens (tertiary/aromatic N) is 1. The molecule has 1 aromatic rings. The topological polar surface area (TPSA) is 66.9 Å². The van der Waals surface area contributed by atoms with Gasteiger partial charge in [-0.2, -0.15) is 0 Å². The monoisotopic (exact) mass is 293 g/mol. The Morgan fingerprint density at radius 1 is 1.19 bits per heavy atom. The van der Waals surface area contributed by atoms with Crippen LogP contribution in [-0.2, 0) is 14.0 Å². The highest BCUT2D eigenvalue weighted by Crippen LogP contribution is 2.37. The molecule has 0 spiro atoms. The lowest BCUT2D eigenvalue weighted by Crippen LogP contribution is -2.41. The van der Waals surface area contributed by atoms with E-state index < -0.39 is 24.3 Å². The lowest BCUT2D eigenvalue weighted by atomic mass is 9.79. The molecular weight excluding hydrogens is 273 g/mol. The first-order valence-electron chi connectivity index (χ1n) is 6.70. The highest BCUT2D eigenvalue weighted by molar-refractivity contribution is 6.63. The molecule has 0 unspecified atom stereocenters. The van der Waals surface area contributed by atoms with Gasteiger partial charge in [-0.25, -0.2) is 9.78 Å². The zero-order valence-electron chi connectivity index (χ0n) is 13.2. The molecule has 0 aromatic carbocycles. The van der Waals surface area contributed by atoms with Crippen molar-refractivity contribution in [1.29, 1.82) is 0 Å². The van der Waals surface area contributed by atoms with Crippen molar-refractivity contribution in [3.8, 4) is 5.88 Å². The minimum Gasteiger partial charge on any atom is -0.481 e. The average molecular weight is 293 g/mol. The summed E-state index contributed by atoms with van der Waals surface area (Å²) < 4.78 is 21.9. The third-order valence-electron chi connectivity index (χ3n) is 4.00. The molecule has 0 aliphatic carbocycles. The van der Waals surface area contributed by atoms with E-state index in [0.29, 0.717) is 16.9 Å². The second-order valence-electron chi connectivity index (χ2n) is 5.90. The van der Waals surface area contributed by atoms with Crippen LogP contribution >= 0.6 is 0 Å². The summed E-state index contributed by atoms with van der Waals surface area (Å²) in [6.45, 7) is 7.82. The number of aromatic nitrogens is 1. The Bertz CT molecular complexity index is 542. The molecule has 2 rings (SSSR count).